The highest BCUT2D eigenvalue weighted by Crippen LogP contribution is 2.05. The number of carbonyl (C=O) groups is 1. The zero-order valence-corrected chi connectivity index (χ0v) is 8.72. The summed E-state index contributed by atoms with van der Waals surface area (Å²) in [5.74, 6) is 6.27. The van der Waals surface area contributed by atoms with Crippen LogP contribution in [0.5, 0.6) is 0 Å². The molecule has 0 saturated heterocycles. The molecule has 0 aromatic heterocycles. The number of rotatable bonds is 6. The Morgan fingerprint density at radius 3 is 2.77 bits per heavy atom. The zero-order valence-electron chi connectivity index (χ0n) is 8.72. The molecule has 1 unspecified atom stereocenters. The second kappa shape index (κ2) is 7.82. The molecule has 0 spiro atoms. The first-order valence-corrected chi connectivity index (χ1v) is 4.61. The molecule has 0 aromatic carbocycles. The largest absolute Gasteiger partial charge is 0.384 e. The first-order valence-electron chi connectivity index (χ1n) is 4.61. The Bertz CT molecular complexity index is 198. The summed E-state index contributed by atoms with van der Waals surface area (Å²) in [5, 5.41) is 0. The fourth-order valence-corrected chi connectivity index (χ4v) is 1.16. The van der Waals surface area contributed by atoms with Gasteiger partial charge >= 0.3 is 0 Å². The molecule has 0 N–H and O–H groups in total. The van der Waals surface area contributed by atoms with Crippen LogP contribution in [0, 0.1) is 17.8 Å². The highest BCUT2D eigenvalue weighted by atomic mass is 16.5. The Labute approximate surface area is 80.7 Å². The van der Waals surface area contributed by atoms with Gasteiger partial charge in [0.05, 0.1) is 0 Å². The van der Waals surface area contributed by atoms with Crippen molar-refractivity contribution in [1.82, 2.24) is 0 Å². The molecular weight excluding hydrogens is 164 g/mol. The Hall–Kier alpha value is -0.810. The van der Waals surface area contributed by atoms with E-state index in [0.717, 1.165) is 0 Å². The molecule has 0 fully saturated rings. The number of Topliss-reactive ketones (excluding diaryl/α,β-unsaturated/α-hetero) is 1. The predicted molar refractivity (Wildman–Crippen MR) is 53.3 cm³/mol. The van der Waals surface area contributed by atoms with Crippen molar-refractivity contribution in [1.29, 1.82) is 0 Å². The first kappa shape index (κ1) is 12.2. The monoisotopic (exact) mass is 182 g/mol. The highest BCUT2D eigenvalue weighted by Gasteiger charge is 2.07. The van der Waals surface area contributed by atoms with Gasteiger partial charge in [0.1, 0.15) is 5.78 Å². The SMILES string of the molecule is CC#CCCC(=O)CC(C)COC. The quantitative estimate of drug-likeness (QED) is 0.587. The first-order chi connectivity index (χ1) is 6.20. The molecule has 2 heteroatoms. The molecule has 0 aliphatic heterocycles. The molecule has 2 nitrogen and oxygen atoms in total. The Kier molecular flexibility index (Phi) is 7.33. The molecule has 1 atom stereocenters. The lowest BCUT2D eigenvalue weighted by Gasteiger charge is -2.07. The van der Waals surface area contributed by atoms with Crippen molar-refractivity contribution in [2.24, 2.45) is 5.92 Å². The van der Waals surface area contributed by atoms with E-state index in [4.69, 9.17) is 4.74 Å². The minimum atomic E-state index is 0.285. The molecule has 0 saturated carbocycles. The van der Waals surface area contributed by atoms with Gasteiger partial charge in [-0.25, -0.2) is 0 Å². The summed E-state index contributed by atoms with van der Waals surface area (Å²) >= 11 is 0. The Morgan fingerprint density at radius 2 is 2.23 bits per heavy atom. The average Bonchev–Trinajstić information content (AvgIpc) is 2.05. The van der Waals surface area contributed by atoms with Gasteiger partial charge in [0.25, 0.3) is 0 Å². The zero-order chi connectivity index (χ0) is 10.1. The molecule has 0 aliphatic rings. The van der Waals surface area contributed by atoms with Crippen LogP contribution >= 0.6 is 0 Å². The van der Waals surface area contributed by atoms with Gasteiger partial charge < -0.3 is 4.74 Å². The molecule has 74 valence electrons. The smallest absolute Gasteiger partial charge is 0.134 e. The van der Waals surface area contributed by atoms with Crippen LogP contribution in [0.3, 0.4) is 0 Å². The molecule has 13 heavy (non-hydrogen) atoms. The fraction of sp³-hybridized carbons (Fsp3) is 0.727. The molecular formula is C11H18O2. The molecule has 0 aromatic rings. The Balaban J connectivity index is 3.53. The van der Waals surface area contributed by atoms with Gasteiger partial charge in [0.2, 0.25) is 0 Å². The van der Waals surface area contributed by atoms with Gasteiger partial charge in [-0.3, -0.25) is 4.79 Å². The van der Waals surface area contributed by atoms with Crippen LogP contribution < -0.4 is 0 Å². The van der Waals surface area contributed by atoms with E-state index in [9.17, 15) is 4.79 Å². The van der Waals surface area contributed by atoms with E-state index in [0.29, 0.717) is 31.8 Å². The van der Waals surface area contributed by atoms with E-state index in [1.54, 1.807) is 14.0 Å². The third-order valence-electron chi connectivity index (χ3n) is 1.73. The van der Waals surface area contributed by atoms with Crippen LogP contribution in [0.1, 0.15) is 33.1 Å². The maximum Gasteiger partial charge on any atom is 0.134 e. The van der Waals surface area contributed by atoms with Gasteiger partial charge in [0.15, 0.2) is 0 Å². The van der Waals surface area contributed by atoms with Crippen LogP contribution in [-0.4, -0.2) is 19.5 Å². The number of ketones is 1. The van der Waals surface area contributed by atoms with Crippen molar-refractivity contribution in [3.05, 3.63) is 0 Å². The maximum absolute atomic E-state index is 11.3. The summed E-state index contributed by atoms with van der Waals surface area (Å²) in [6, 6.07) is 0. The van der Waals surface area contributed by atoms with Gasteiger partial charge in [0, 0.05) is 33.0 Å². The maximum atomic E-state index is 11.3. The second-order valence-electron chi connectivity index (χ2n) is 3.23. The van der Waals surface area contributed by atoms with Crippen LogP contribution in [0.2, 0.25) is 0 Å². The van der Waals surface area contributed by atoms with Crippen molar-refractivity contribution in [2.45, 2.75) is 33.1 Å². The number of methoxy groups -OCH3 is 1. The highest BCUT2D eigenvalue weighted by molar-refractivity contribution is 5.78. The summed E-state index contributed by atoms with van der Waals surface area (Å²) in [7, 11) is 1.66. The van der Waals surface area contributed by atoms with Crippen LogP contribution in [0.25, 0.3) is 0 Å². The third kappa shape index (κ3) is 7.55. The lowest BCUT2D eigenvalue weighted by atomic mass is 10.0. The number of hydrogen-bond acceptors (Lipinski definition) is 2. The van der Waals surface area contributed by atoms with Crippen molar-refractivity contribution in [3.63, 3.8) is 0 Å². The lowest BCUT2D eigenvalue weighted by Crippen LogP contribution is -2.10. The van der Waals surface area contributed by atoms with Crippen LogP contribution in [-0.2, 0) is 9.53 Å². The van der Waals surface area contributed by atoms with Gasteiger partial charge in [-0.15, -0.1) is 11.8 Å². The van der Waals surface area contributed by atoms with E-state index < -0.39 is 0 Å². The lowest BCUT2D eigenvalue weighted by molar-refractivity contribution is -0.120. The number of hydrogen-bond donors (Lipinski definition) is 0. The fourth-order valence-electron chi connectivity index (χ4n) is 1.16. The van der Waals surface area contributed by atoms with Crippen molar-refractivity contribution >= 4 is 5.78 Å². The van der Waals surface area contributed by atoms with E-state index in [2.05, 4.69) is 11.8 Å². The van der Waals surface area contributed by atoms with E-state index >= 15 is 0 Å². The average molecular weight is 182 g/mol. The summed E-state index contributed by atoms with van der Waals surface area (Å²) in [5.41, 5.74) is 0. The standard InChI is InChI=1S/C11H18O2/c1-4-5-6-7-11(12)8-10(2)9-13-3/h10H,6-9H2,1-3H3. The van der Waals surface area contributed by atoms with Crippen LogP contribution in [0.15, 0.2) is 0 Å². The normalized spacial score (nSPS) is 11.6. The minimum Gasteiger partial charge on any atom is -0.384 e. The summed E-state index contributed by atoms with van der Waals surface area (Å²) < 4.78 is 4.95. The van der Waals surface area contributed by atoms with Gasteiger partial charge in [-0.2, -0.15) is 0 Å². The van der Waals surface area contributed by atoms with E-state index in [-0.39, 0.29) is 5.78 Å². The molecule has 0 aliphatic carbocycles. The molecule has 0 bridgehead atoms. The van der Waals surface area contributed by atoms with E-state index in [1.165, 1.54) is 0 Å². The molecule has 0 amide bonds. The van der Waals surface area contributed by atoms with Gasteiger partial charge in [-0.1, -0.05) is 6.92 Å². The molecule has 0 heterocycles. The van der Waals surface area contributed by atoms with Crippen LogP contribution in [0.4, 0.5) is 0 Å². The number of ether oxygens (including phenoxy) is 1. The van der Waals surface area contributed by atoms with Gasteiger partial charge in [-0.05, 0) is 12.8 Å². The topological polar surface area (TPSA) is 26.3 Å². The van der Waals surface area contributed by atoms with E-state index in [1.807, 2.05) is 6.92 Å². The summed E-state index contributed by atoms with van der Waals surface area (Å²) in [4.78, 5) is 11.3. The predicted octanol–water partition coefficient (Wildman–Crippen LogP) is 2.03. The summed E-state index contributed by atoms with van der Waals surface area (Å²) in [6.07, 6.45) is 1.88. The Morgan fingerprint density at radius 1 is 1.54 bits per heavy atom. The van der Waals surface area contributed by atoms with Crippen molar-refractivity contribution in [3.8, 4) is 11.8 Å². The molecule has 0 rings (SSSR count). The minimum absolute atomic E-state index is 0.285. The summed E-state index contributed by atoms with van der Waals surface area (Å²) in [6.45, 7) is 4.47. The molecule has 0 radical (unpaired) electrons. The van der Waals surface area contributed by atoms with Crippen molar-refractivity contribution < 1.29 is 9.53 Å². The number of carbonyl (C=O) groups excluding carboxylic acids is 1. The second-order valence-corrected chi connectivity index (χ2v) is 3.23. The third-order valence-corrected chi connectivity index (χ3v) is 1.73. The van der Waals surface area contributed by atoms with Crippen molar-refractivity contribution in [2.75, 3.05) is 13.7 Å².